The zero-order valence-corrected chi connectivity index (χ0v) is 10.8. The highest BCUT2D eigenvalue weighted by Crippen LogP contribution is 2.28. The molecule has 0 spiro atoms. The summed E-state index contributed by atoms with van der Waals surface area (Å²) in [6.07, 6.45) is 7.44. The Morgan fingerprint density at radius 1 is 1.33 bits per heavy atom. The minimum absolute atomic E-state index is 0.162. The second-order valence-electron chi connectivity index (χ2n) is 4.88. The molecule has 2 aromatic heterocycles. The molecule has 18 heavy (non-hydrogen) atoms. The van der Waals surface area contributed by atoms with Crippen molar-refractivity contribution < 1.29 is 5.11 Å². The van der Waals surface area contributed by atoms with Gasteiger partial charge in [0.05, 0.1) is 18.3 Å². The molecule has 0 amide bonds. The predicted molar refractivity (Wildman–Crippen MR) is 70.6 cm³/mol. The van der Waals surface area contributed by atoms with Gasteiger partial charge in [0.1, 0.15) is 11.3 Å². The van der Waals surface area contributed by atoms with Crippen LogP contribution in [0.5, 0.6) is 0 Å². The first-order valence-corrected chi connectivity index (χ1v) is 6.82. The summed E-state index contributed by atoms with van der Waals surface area (Å²) >= 11 is 0. The number of aliphatic hydroxyl groups is 1. The number of aromatic nitrogens is 3. The van der Waals surface area contributed by atoms with Gasteiger partial charge in [0, 0.05) is 18.7 Å². The van der Waals surface area contributed by atoms with Gasteiger partial charge in [-0.15, -0.1) is 0 Å². The number of fused-ring (bicyclic) bond motifs is 3. The van der Waals surface area contributed by atoms with Gasteiger partial charge in [-0.25, -0.2) is 4.98 Å². The van der Waals surface area contributed by atoms with Gasteiger partial charge in [-0.3, -0.25) is 4.98 Å². The quantitative estimate of drug-likeness (QED) is 0.898. The van der Waals surface area contributed by atoms with Gasteiger partial charge >= 0.3 is 0 Å². The van der Waals surface area contributed by atoms with E-state index in [-0.39, 0.29) is 6.61 Å². The van der Waals surface area contributed by atoms with Gasteiger partial charge in [-0.05, 0) is 31.2 Å². The van der Waals surface area contributed by atoms with E-state index in [0.717, 1.165) is 30.6 Å². The first-order chi connectivity index (χ1) is 8.85. The lowest BCUT2D eigenvalue weighted by Crippen LogP contribution is -2.11. The number of hydrogen-bond acceptors (Lipinski definition) is 3. The largest absolute Gasteiger partial charge is 0.395 e. The molecule has 96 valence electrons. The molecule has 0 radical (unpaired) electrons. The maximum atomic E-state index is 9.26. The van der Waals surface area contributed by atoms with Crippen molar-refractivity contribution in [3.05, 3.63) is 23.3 Å². The topological polar surface area (TPSA) is 50.9 Å². The fourth-order valence-corrected chi connectivity index (χ4v) is 2.96. The molecule has 0 unspecified atom stereocenters. The molecule has 1 aliphatic carbocycles. The van der Waals surface area contributed by atoms with Crippen molar-refractivity contribution in [3.63, 3.8) is 0 Å². The Hall–Kier alpha value is -1.42. The van der Waals surface area contributed by atoms with Gasteiger partial charge in [-0.2, -0.15) is 0 Å². The van der Waals surface area contributed by atoms with E-state index in [0.29, 0.717) is 6.54 Å². The number of hydrogen-bond donors (Lipinski definition) is 1. The molecule has 0 atom stereocenters. The van der Waals surface area contributed by atoms with E-state index in [1.54, 1.807) is 0 Å². The first-order valence-electron chi connectivity index (χ1n) is 6.82. The second kappa shape index (κ2) is 4.69. The maximum Gasteiger partial charge on any atom is 0.109 e. The Morgan fingerprint density at radius 2 is 2.17 bits per heavy atom. The Bertz CT molecular complexity index is 574. The van der Waals surface area contributed by atoms with Gasteiger partial charge in [0.15, 0.2) is 0 Å². The minimum Gasteiger partial charge on any atom is -0.395 e. The van der Waals surface area contributed by atoms with Gasteiger partial charge in [0.2, 0.25) is 0 Å². The third kappa shape index (κ3) is 1.72. The molecule has 4 nitrogen and oxygen atoms in total. The normalized spacial score (nSPS) is 15.0. The standard InChI is InChI=1S/C14H19N3O/c1-2-13-16-12-9-15-11-6-4-3-5-10(11)14(12)17(13)7-8-18/h9,18H,2-8H2,1H3. The van der Waals surface area contributed by atoms with Gasteiger partial charge in [-0.1, -0.05) is 6.92 Å². The van der Waals surface area contributed by atoms with Crippen LogP contribution in [0.4, 0.5) is 0 Å². The predicted octanol–water partition coefficient (Wildman–Crippen LogP) is 1.86. The lowest BCUT2D eigenvalue weighted by Gasteiger charge is -2.17. The molecular formula is C14H19N3O. The van der Waals surface area contributed by atoms with Gasteiger partial charge < -0.3 is 9.67 Å². The fourth-order valence-electron chi connectivity index (χ4n) is 2.96. The number of rotatable bonds is 3. The first kappa shape index (κ1) is 11.7. The lowest BCUT2D eigenvalue weighted by atomic mass is 9.95. The van der Waals surface area contributed by atoms with E-state index in [1.807, 2.05) is 6.20 Å². The van der Waals surface area contributed by atoms with Crippen LogP contribution in [-0.2, 0) is 25.8 Å². The van der Waals surface area contributed by atoms with Crippen LogP contribution in [0.25, 0.3) is 11.0 Å². The van der Waals surface area contributed by atoms with E-state index in [2.05, 4.69) is 21.5 Å². The monoisotopic (exact) mass is 245 g/mol. The van der Waals surface area contributed by atoms with E-state index in [1.165, 1.54) is 29.6 Å². The second-order valence-corrected chi connectivity index (χ2v) is 4.88. The van der Waals surface area contributed by atoms with Crippen molar-refractivity contribution in [2.75, 3.05) is 6.61 Å². The highest BCUT2D eigenvalue weighted by molar-refractivity contribution is 5.80. The molecule has 0 aliphatic heterocycles. The Morgan fingerprint density at radius 3 is 2.94 bits per heavy atom. The van der Waals surface area contributed by atoms with Crippen LogP contribution in [0.1, 0.15) is 36.8 Å². The SMILES string of the molecule is CCc1nc2cnc3c(c2n1CCO)CCCC3. The lowest BCUT2D eigenvalue weighted by molar-refractivity contribution is 0.276. The van der Waals surface area contributed by atoms with Crippen LogP contribution in [-0.4, -0.2) is 26.2 Å². The fraction of sp³-hybridized carbons (Fsp3) is 0.571. The number of pyridine rings is 1. The molecule has 0 bridgehead atoms. The highest BCUT2D eigenvalue weighted by Gasteiger charge is 2.19. The van der Waals surface area contributed by atoms with Crippen LogP contribution in [0, 0.1) is 0 Å². The van der Waals surface area contributed by atoms with Crippen LogP contribution in [0.15, 0.2) is 6.20 Å². The minimum atomic E-state index is 0.162. The van der Waals surface area contributed by atoms with Crippen molar-refractivity contribution in [1.82, 2.24) is 14.5 Å². The van der Waals surface area contributed by atoms with Crippen LogP contribution >= 0.6 is 0 Å². The van der Waals surface area contributed by atoms with E-state index in [4.69, 9.17) is 0 Å². The summed E-state index contributed by atoms with van der Waals surface area (Å²) < 4.78 is 2.18. The third-order valence-corrected chi connectivity index (χ3v) is 3.78. The molecular weight excluding hydrogens is 226 g/mol. The summed E-state index contributed by atoms with van der Waals surface area (Å²) in [5, 5.41) is 9.26. The molecule has 2 heterocycles. The number of nitrogens with zero attached hydrogens (tertiary/aromatic N) is 3. The molecule has 0 aromatic carbocycles. The zero-order valence-electron chi connectivity index (χ0n) is 10.8. The smallest absolute Gasteiger partial charge is 0.109 e. The van der Waals surface area contributed by atoms with Crippen molar-refractivity contribution >= 4 is 11.0 Å². The molecule has 1 N–H and O–H groups in total. The molecule has 0 fully saturated rings. The van der Waals surface area contributed by atoms with Crippen molar-refractivity contribution in [1.29, 1.82) is 0 Å². The number of aryl methyl sites for hydroxylation is 3. The summed E-state index contributed by atoms with van der Waals surface area (Å²) in [6, 6.07) is 0. The highest BCUT2D eigenvalue weighted by atomic mass is 16.3. The summed E-state index contributed by atoms with van der Waals surface area (Å²) in [5.74, 6) is 1.06. The summed E-state index contributed by atoms with van der Waals surface area (Å²) in [7, 11) is 0. The van der Waals surface area contributed by atoms with Crippen molar-refractivity contribution in [2.45, 2.75) is 45.6 Å². The van der Waals surface area contributed by atoms with Crippen molar-refractivity contribution in [2.24, 2.45) is 0 Å². The Balaban J connectivity index is 2.27. The van der Waals surface area contributed by atoms with Crippen LogP contribution in [0.3, 0.4) is 0 Å². The third-order valence-electron chi connectivity index (χ3n) is 3.78. The Labute approximate surface area is 107 Å². The van der Waals surface area contributed by atoms with E-state index >= 15 is 0 Å². The molecule has 1 aliphatic rings. The maximum absolute atomic E-state index is 9.26. The number of imidazole rings is 1. The van der Waals surface area contributed by atoms with Crippen molar-refractivity contribution in [3.8, 4) is 0 Å². The zero-order chi connectivity index (χ0) is 12.5. The van der Waals surface area contributed by atoms with Gasteiger partial charge in [0.25, 0.3) is 0 Å². The van der Waals surface area contributed by atoms with Crippen LogP contribution in [0.2, 0.25) is 0 Å². The summed E-state index contributed by atoms with van der Waals surface area (Å²) in [6.45, 7) is 2.90. The van der Waals surface area contributed by atoms with E-state index in [9.17, 15) is 5.11 Å². The van der Waals surface area contributed by atoms with E-state index < -0.39 is 0 Å². The molecule has 0 saturated carbocycles. The van der Waals surface area contributed by atoms with Crippen LogP contribution < -0.4 is 0 Å². The average Bonchev–Trinajstić information content (AvgIpc) is 2.78. The Kier molecular flexibility index (Phi) is 3.04. The average molecular weight is 245 g/mol. The molecule has 4 heteroatoms. The molecule has 3 rings (SSSR count). The molecule has 2 aromatic rings. The number of aliphatic hydroxyl groups excluding tert-OH is 1. The summed E-state index contributed by atoms with van der Waals surface area (Å²) in [4.78, 5) is 9.21. The summed E-state index contributed by atoms with van der Waals surface area (Å²) in [5.41, 5.74) is 4.79. The molecule has 0 saturated heterocycles.